The van der Waals surface area contributed by atoms with Crippen molar-refractivity contribution in [3.8, 4) is 0 Å². The van der Waals surface area contributed by atoms with Crippen molar-refractivity contribution in [2.75, 3.05) is 19.8 Å². The van der Waals surface area contributed by atoms with Crippen LogP contribution in [0.2, 0.25) is 0 Å². The van der Waals surface area contributed by atoms with Crippen LogP contribution in [0.4, 0.5) is 0 Å². The van der Waals surface area contributed by atoms with Crippen LogP contribution in [0, 0.1) is 0 Å². The number of phosphoric acid groups is 1. The quantitative estimate of drug-likeness (QED) is 0.0263. The van der Waals surface area contributed by atoms with Crippen molar-refractivity contribution in [1.82, 2.24) is 5.32 Å². The number of aliphatic hydroxyl groups excluding tert-OH is 1. The lowest BCUT2D eigenvalue weighted by molar-refractivity contribution is -0.147. The first-order valence-electron chi connectivity index (χ1n) is 24.1. The van der Waals surface area contributed by atoms with Gasteiger partial charge in [-0.1, -0.05) is 219 Å². The maximum atomic E-state index is 12.3. The number of unbranched alkanes of at least 4 members (excludes halogenated alkanes) is 32. The SMILES string of the molecule is CCCCCCCCCCCCCCCCCCCC(=O)NC(COP(=O)(O)OCC(O)COC(=O)CCCCCCCCCCCCCCCCCCC)C(=O)O. The van der Waals surface area contributed by atoms with Crippen LogP contribution in [0.5, 0.6) is 0 Å². The fourth-order valence-electron chi connectivity index (χ4n) is 7.14. The standard InChI is InChI=1S/C46H90NO10P/c1-3-5-7-9-11-13-15-17-19-21-23-25-27-29-31-33-35-37-44(49)47-43(46(51)52)41-57-58(53,54)56-40-42(48)39-55-45(50)38-36-34-32-30-28-26-24-22-20-18-16-14-12-10-8-6-4-2/h42-43,48H,3-41H2,1-2H3,(H,47,49)(H,51,52)(H,53,54). The summed E-state index contributed by atoms with van der Waals surface area (Å²) in [4.78, 5) is 46.0. The summed E-state index contributed by atoms with van der Waals surface area (Å²) in [6, 6.07) is -1.54. The zero-order chi connectivity index (χ0) is 42.8. The van der Waals surface area contributed by atoms with Gasteiger partial charge in [-0.05, 0) is 12.8 Å². The molecule has 0 aromatic rings. The second-order valence-corrected chi connectivity index (χ2v) is 18.1. The van der Waals surface area contributed by atoms with E-state index in [0.717, 1.165) is 38.5 Å². The highest BCUT2D eigenvalue weighted by Crippen LogP contribution is 2.43. The van der Waals surface area contributed by atoms with Crippen molar-refractivity contribution in [2.24, 2.45) is 0 Å². The normalized spacial score (nSPS) is 13.6. The number of aliphatic carboxylic acids is 1. The molecule has 0 radical (unpaired) electrons. The van der Waals surface area contributed by atoms with E-state index in [1.54, 1.807) is 0 Å². The van der Waals surface area contributed by atoms with Crippen LogP contribution in [0.15, 0.2) is 0 Å². The number of hydrogen-bond acceptors (Lipinski definition) is 8. The highest BCUT2D eigenvalue weighted by atomic mass is 31.2. The summed E-state index contributed by atoms with van der Waals surface area (Å²) in [7, 11) is -4.75. The Morgan fingerprint density at radius 3 is 1.14 bits per heavy atom. The third-order valence-corrected chi connectivity index (χ3v) is 11.8. The van der Waals surface area contributed by atoms with Crippen molar-refractivity contribution >= 4 is 25.7 Å². The Morgan fingerprint density at radius 2 is 0.793 bits per heavy atom. The van der Waals surface area contributed by atoms with Gasteiger partial charge in [0.2, 0.25) is 5.91 Å². The number of hydrogen-bond donors (Lipinski definition) is 4. The number of esters is 1. The van der Waals surface area contributed by atoms with E-state index in [9.17, 15) is 34.1 Å². The molecule has 0 rings (SSSR count). The van der Waals surface area contributed by atoms with E-state index in [1.807, 2.05) is 0 Å². The van der Waals surface area contributed by atoms with Gasteiger partial charge in [-0.2, -0.15) is 0 Å². The largest absolute Gasteiger partial charge is 0.480 e. The summed E-state index contributed by atoms with van der Waals surface area (Å²) in [6.07, 6.45) is 41.2. The Bertz CT molecular complexity index is 1000. The zero-order valence-electron chi connectivity index (χ0n) is 37.4. The molecule has 344 valence electrons. The lowest BCUT2D eigenvalue weighted by atomic mass is 10.0. The van der Waals surface area contributed by atoms with Gasteiger partial charge in [0.05, 0.1) is 13.2 Å². The van der Waals surface area contributed by atoms with Gasteiger partial charge in [-0.3, -0.25) is 18.6 Å². The second-order valence-electron chi connectivity index (χ2n) is 16.7. The van der Waals surface area contributed by atoms with E-state index in [-0.39, 0.29) is 12.8 Å². The van der Waals surface area contributed by atoms with E-state index in [2.05, 4.69) is 19.2 Å². The van der Waals surface area contributed by atoms with Gasteiger partial charge in [0.25, 0.3) is 0 Å². The molecule has 58 heavy (non-hydrogen) atoms. The number of carboxylic acids is 1. The molecule has 4 N–H and O–H groups in total. The fraction of sp³-hybridized carbons (Fsp3) is 0.935. The summed E-state index contributed by atoms with van der Waals surface area (Å²) in [5, 5.41) is 21.9. The molecule has 3 atom stereocenters. The van der Waals surface area contributed by atoms with Crippen molar-refractivity contribution in [1.29, 1.82) is 0 Å². The molecule has 0 aliphatic heterocycles. The van der Waals surface area contributed by atoms with Gasteiger partial charge in [0, 0.05) is 12.8 Å². The Hall–Kier alpha value is -1.52. The Kier molecular flexibility index (Phi) is 41.1. The first-order chi connectivity index (χ1) is 28.1. The Balaban J connectivity index is 3.82. The molecule has 3 unspecified atom stereocenters. The number of phosphoric ester groups is 1. The van der Waals surface area contributed by atoms with E-state index in [4.69, 9.17) is 13.8 Å². The van der Waals surface area contributed by atoms with E-state index in [0.29, 0.717) is 12.8 Å². The molecular weight excluding hydrogens is 757 g/mol. The highest BCUT2D eigenvalue weighted by molar-refractivity contribution is 7.47. The number of carbonyl (C=O) groups excluding carboxylic acids is 2. The first kappa shape index (κ1) is 56.5. The third-order valence-electron chi connectivity index (χ3n) is 10.9. The molecule has 0 aliphatic rings. The van der Waals surface area contributed by atoms with Crippen LogP contribution >= 0.6 is 7.82 Å². The minimum absolute atomic E-state index is 0.153. The number of carbonyl (C=O) groups is 3. The smallest absolute Gasteiger partial charge is 0.472 e. The minimum Gasteiger partial charge on any atom is -0.480 e. The molecule has 1 amide bonds. The lowest BCUT2D eigenvalue weighted by Gasteiger charge is -2.18. The number of amides is 1. The van der Waals surface area contributed by atoms with Gasteiger partial charge in [0.15, 0.2) is 6.04 Å². The number of ether oxygens (including phenoxy) is 1. The molecule has 0 saturated carbocycles. The summed E-state index contributed by atoms with van der Waals surface area (Å²) in [5.41, 5.74) is 0. The van der Waals surface area contributed by atoms with Crippen molar-refractivity contribution in [2.45, 2.75) is 257 Å². The molecule has 0 heterocycles. The van der Waals surface area contributed by atoms with Crippen LogP contribution in [0.1, 0.15) is 245 Å². The molecule has 0 aliphatic carbocycles. The predicted molar refractivity (Wildman–Crippen MR) is 236 cm³/mol. The molecule has 0 saturated heterocycles. The zero-order valence-corrected chi connectivity index (χ0v) is 38.3. The average molecular weight is 848 g/mol. The molecule has 11 nitrogen and oxygen atoms in total. The monoisotopic (exact) mass is 848 g/mol. The Labute approximate surface area is 354 Å². The highest BCUT2D eigenvalue weighted by Gasteiger charge is 2.28. The van der Waals surface area contributed by atoms with Crippen LogP contribution < -0.4 is 5.32 Å². The molecule has 12 heteroatoms. The number of rotatable bonds is 46. The van der Waals surface area contributed by atoms with Gasteiger partial charge in [-0.25, -0.2) is 9.36 Å². The average Bonchev–Trinajstić information content (AvgIpc) is 3.20. The fourth-order valence-corrected chi connectivity index (χ4v) is 7.91. The topological polar surface area (TPSA) is 169 Å². The van der Waals surface area contributed by atoms with Crippen LogP contribution in [-0.2, 0) is 32.7 Å². The van der Waals surface area contributed by atoms with Gasteiger partial charge < -0.3 is 25.2 Å². The summed E-state index contributed by atoms with van der Waals surface area (Å²) < 4.78 is 26.9. The van der Waals surface area contributed by atoms with Gasteiger partial charge in [-0.15, -0.1) is 0 Å². The number of carboxylic acid groups (broad SMARTS) is 1. The molecular formula is C46H90NO10P. The van der Waals surface area contributed by atoms with Crippen molar-refractivity contribution < 1.29 is 47.8 Å². The van der Waals surface area contributed by atoms with Crippen LogP contribution in [0.3, 0.4) is 0 Å². The number of aliphatic hydroxyl groups is 1. The Morgan fingerprint density at radius 1 is 0.483 bits per heavy atom. The molecule has 0 aromatic carbocycles. The molecule has 0 fully saturated rings. The molecule has 0 spiro atoms. The van der Waals surface area contributed by atoms with Crippen LogP contribution in [0.25, 0.3) is 0 Å². The van der Waals surface area contributed by atoms with Crippen molar-refractivity contribution in [3.05, 3.63) is 0 Å². The van der Waals surface area contributed by atoms with E-state index in [1.165, 1.54) is 167 Å². The van der Waals surface area contributed by atoms with Crippen molar-refractivity contribution in [3.63, 3.8) is 0 Å². The number of nitrogens with one attached hydrogen (secondary N) is 1. The van der Waals surface area contributed by atoms with Gasteiger partial charge >= 0.3 is 19.8 Å². The second kappa shape index (κ2) is 42.2. The minimum atomic E-state index is -4.75. The summed E-state index contributed by atoms with van der Waals surface area (Å²) >= 11 is 0. The maximum Gasteiger partial charge on any atom is 0.472 e. The van der Waals surface area contributed by atoms with Crippen LogP contribution in [-0.4, -0.2) is 64.9 Å². The molecule has 0 bridgehead atoms. The first-order valence-corrected chi connectivity index (χ1v) is 25.6. The van der Waals surface area contributed by atoms with E-state index >= 15 is 0 Å². The summed E-state index contributed by atoms with van der Waals surface area (Å²) in [5.74, 6) is -2.35. The third kappa shape index (κ3) is 41.2. The van der Waals surface area contributed by atoms with E-state index < -0.39 is 57.6 Å². The van der Waals surface area contributed by atoms with Gasteiger partial charge in [0.1, 0.15) is 12.7 Å². The predicted octanol–water partition coefficient (Wildman–Crippen LogP) is 12.7. The lowest BCUT2D eigenvalue weighted by Crippen LogP contribution is -2.43. The summed E-state index contributed by atoms with van der Waals surface area (Å²) in [6.45, 7) is 2.64. The molecule has 0 aromatic heterocycles. The maximum absolute atomic E-state index is 12.3.